The summed E-state index contributed by atoms with van der Waals surface area (Å²) in [6.07, 6.45) is -3.89. The van der Waals surface area contributed by atoms with E-state index in [-0.39, 0.29) is 12.5 Å². The molecule has 1 heterocycles. The second-order valence-corrected chi connectivity index (χ2v) is 4.16. The number of hydrogen-bond donors (Lipinski definition) is 1. The Bertz CT molecular complexity index is 341. The molecule has 1 aliphatic heterocycles. The first-order valence-corrected chi connectivity index (χ1v) is 4.94. The number of alkyl halides is 3. The molecule has 1 aliphatic carbocycles. The van der Waals surface area contributed by atoms with E-state index in [9.17, 15) is 22.8 Å². The second kappa shape index (κ2) is 3.36. The van der Waals surface area contributed by atoms with Crippen molar-refractivity contribution in [3.05, 3.63) is 0 Å². The van der Waals surface area contributed by atoms with Gasteiger partial charge < -0.3 is 10.0 Å². The van der Waals surface area contributed by atoms with Gasteiger partial charge in [0, 0.05) is 12.6 Å². The highest BCUT2D eigenvalue weighted by molar-refractivity contribution is 5.85. The van der Waals surface area contributed by atoms with Gasteiger partial charge in [0.2, 0.25) is 0 Å². The van der Waals surface area contributed by atoms with Gasteiger partial charge in [-0.3, -0.25) is 9.59 Å². The number of hydrogen-bond acceptors (Lipinski definition) is 2. The fraction of sp³-hybridized carbons (Fsp3) is 0.778. The topological polar surface area (TPSA) is 57.6 Å². The fourth-order valence-corrected chi connectivity index (χ4v) is 2.51. The van der Waals surface area contributed by atoms with E-state index in [1.54, 1.807) is 0 Å². The molecular weight excluding hydrogens is 227 g/mol. The van der Waals surface area contributed by atoms with Gasteiger partial charge in [0.05, 0.1) is 5.92 Å². The standard InChI is InChI=1S/C9H10F3NO3/c10-9(11,12)8(16)13-3-1-2-4-5(6(4)13)7(14)15/h4-6H,1-3H2,(H,14,15)/t4-,5-,6-/m1/s1. The maximum Gasteiger partial charge on any atom is 0.471 e. The lowest BCUT2D eigenvalue weighted by Gasteiger charge is -2.27. The molecule has 0 aromatic carbocycles. The third kappa shape index (κ3) is 1.64. The van der Waals surface area contributed by atoms with E-state index in [1.165, 1.54) is 0 Å². The quantitative estimate of drug-likeness (QED) is 0.736. The summed E-state index contributed by atoms with van der Waals surface area (Å²) in [5, 5.41) is 8.77. The lowest BCUT2D eigenvalue weighted by atomic mass is 10.1. The maximum absolute atomic E-state index is 12.2. The van der Waals surface area contributed by atoms with E-state index in [4.69, 9.17) is 5.11 Å². The molecule has 0 aromatic rings. The number of carboxylic acid groups (broad SMARTS) is 1. The van der Waals surface area contributed by atoms with Crippen LogP contribution in [0.2, 0.25) is 0 Å². The number of likely N-dealkylation sites (tertiary alicyclic amines) is 1. The highest BCUT2D eigenvalue weighted by Crippen LogP contribution is 2.50. The number of aliphatic carboxylic acids is 1. The third-order valence-electron chi connectivity index (χ3n) is 3.21. The molecule has 1 saturated carbocycles. The molecule has 4 nitrogen and oxygen atoms in total. The molecule has 2 fully saturated rings. The van der Waals surface area contributed by atoms with E-state index in [0.717, 1.165) is 0 Å². The lowest BCUT2D eigenvalue weighted by molar-refractivity contribution is -0.187. The second-order valence-electron chi connectivity index (χ2n) is 4.16. The van der Waals surface area contributed by atoms with Gasteiger partial charge in [-0.05, 0) is 18.8 Å². The molecule has 7 heteroatoms. The van der Waals surface area contributed by atoms with Gasteiger partial charge in [-0.25, -0.2) is 0 Å². The van der Waals surface area contributed by atoms with Crippen molar-refractivity contribution in [3.63, 3.8) is 0 Å². The molecular formula is C9H10F3NO3. The van der Waals surface area contributed by atoms with Crippen LogP contribution in [0.1, 0.15) is 12.8 Å². The molecule has 1 saturated heterocycles. The molecule has 16 heavy (non-hydrogen) atoms. The summed E-state index contributed by atoms with van der Waals surface area (Å²) in [5.74, 6) is -4.13. The Morgan fingerprint density at radius 2 is 1.94 bits per heavy atom. The Labute approximate surface area is 89.0 Å². The molecule has 0 aromatic heterocycles. The van der Waals surface area contributed by atoms with Gasteiger partial charge in [-0.2, -0.15) is 13.2 Å². The Morgan fingerprint density at radius 1 is 1.31 bits per heavy atom. The van der Waals surface area contributed by atoms with Crippen molar-refractivity contribution in [1.82, 2.24) is 4.90 Å². The van der Waals surface area contributed by atoms with Crippen LogP contribution < -0.4 is 0 Å². The van der Waals surface area contributed by atoms with Crippen LogP contribution >= 0.6 is 0 Å². The zero-order chi connectivity index (χ0) is 12.1. The number of nitrogens with zero attached hydrogens (tertiary/aromatic N) is 1. The van der Waals surface area contributed by atoms with Crippen LogP contribution in [0, 0.1) is 11.8 Å². The smallest absolute Gasteiger partial charge is 0.471 e. The first kappa shape index (κ1) is 11.2. The summed E-state index contributed by atoms with van der Waals surface area (Å²) in [6.45, 7) is 0.00326. The van der Waals surface area contributed by atoms with Crippen LogP contribution in [0.5, 0.6) is 0 Å². The highest BCUT2D eigenvalue weighted by atomic mass is 19.4. The van der Waals surface area contributed by atoms with Crippen molar-refractivity contribution in [2.24, 2.45) is 11.8 Å². The molecule has 0 spiro atoms. The first-order valence-electron chi connectivity index (χ1n) is 4.94. The number of piperidine rings is 1. The van der Waals surface area contributed by atoms with Crippen LogP contribution in [0.4, 0.5) is 13.2 Å². The normalized spacial score (nSPS) is 33.2. The van der Waals surface area contributed by atoms with Crippen molar-refractivity contribution in [1.29, 1.82) is 0 Å². The van der Waals surface area contributed by atoms with Gasteiger partial charge in [0.1, 0.15) is 0 Å². The fourth-order valence-electron chi connectivity index (χ4n) is 2.51. The Balaban J connectivity index is 2.12. The Kier molecular flexibility index (Phi) is 2.36. The van der Waals surface area contributed by atoms with Crippen molar-refractivity contribution < 1.29 is 27.9 Å². The highest BCUT2D eigenvalue weighted by Gasteiger charge is 2.62. The summed E-state index contributed by atoms with van der Waals surface area (Å²) in [5.41, 5.74) is 0. The average molecular weight is 237 g/mol. The van der Waals surface area contributed by atoms with E-state index in [0.29, 0.717) is 17.7 Å². The zero-order valence-corrected chi connectivity index (χ0v) is 8.20. The molecule has 2 aliphatic rings. The largest absolute Gasteiger partial charge is 0.481 e. The van der Waals surface area contributed by atoms with Crippen molar-refractivity contribution in [3.8, 4) is 0 Å². The average Bonchev–Trinajstić information content (AvgIpc) is 2.88. The molecule has 0 radical (unpaired) electrons. The van der Waals surface area contributed by atoms with Gasteiger partial charge >= 0.3 is 18.1 Å². The van der Waals surface area contributed by atoms with Crippen LogP contribution in [-0.2, 0) is 9.59 Å². The Hall–Kier alpha value is -1.27. The Morgan fingerprint density at radius 3 is 2.44 bits per heavy atom. The lowest BCUT2D eigenvalue weighted by Crippen LogP contribution is -2.45. The first-order chi connectivity index (χ1) is 7.34. The third-order valence-corrected chi connectivity index (χ3v) is 3.21. The molecule has 0 bridgehead atoms. The van der Waals surface area contributed by atoms with E-state index in [1.807, 2.05) is 0 Å². The van der Waals surface area contributed by atoms with Crippen molar-refractivity contribution in [2.45, 2.75) is 25.1 Å². The zero-order valence-electron chi connectivity index (χ0n) is 8.20. The van der Waals surface area contributed by atoms with E-state index in [2.05, 4.69) is 0 Å². The molecule has 3 atom stereocenters. The molecule has 0 unspecified atom stereocenters. The number of carbonyl (C=O) groups is 2. The summed E-state index contributed by atoms with van der Waals surface area (Å²) >= 11 is 0. The summed E-state index contributed by atoms with van der Waals surface area (Å²) in [7, 11) is 0. The minimum atomic E-state index is -4.91. The van der Waals surface area contributed by atoms with Crippen LogP contribution in [0.3, 0.4) is 0 Å². The summed E-state index contributed by atoms with van der Waals surface area (Å²) in [4.78, 5) is 22.4. The van der Waals surface area contributed by atoms with Crippen LogP contribution in [0.25, 0.3) is 0 Å². The van der Waals surface area contributed by atoms with Gasteiger partial charge in [0.25, 0.3) is 0 Å². The number of amides is 1. The summed E-state index contributed by atoms with van der Waals surface area (Å²) in [6, 6.07) is -0.750. The molecule has 90 valence electrons. The summed E-state index contributed by atoms with van der Waals surface area (Å²) < 4.78 is 36.6. The van der Waals surface area contributed by atoms with Crippen LogP contribution in [0.15, 0.2) is 0 Å². The number of carboxylic acids is 1. The van der Waals surface area contributed by atoms with Gasteiger partial charge in [-0.1, -0.05) is 0 Å². The number of fused-ring (bicyclic) bond motifs is 1. The minimum absolute atomic E-state index is 0.00326. The van der Waals surface area contributed by atoms with E-state index >= 15 is 0 Å². The van der Waals surface area contributed by atoms with Gasteiger partial charge in [-0.15, -0.1) is 0 Å². The predicted octanol–water partition coefficient (Wildman–Crippen LogP) is 0.870. The molecule has 1 amide bonds. The van der Waals surface area contributed by atoms with Crippen molar-refractivity contribution >= 4 is 11.9 Å². The molecule has 2 rings (SSSR count). The molecule has 1 N–H and O–H groups in total. The monoisotopic (exact) mass is 237 g/mol. The minimum Gasteiger partial charge on any atom is -0.481 e. The van der Waals surface area contributed by atoms with Crippen molar-refractivity contribution in [2.75, 3.05) is 6.54 Å². The number of rotatable bonds is 1. The SMILES string of the molecule is O=C(O)[C@@H]1[C@H]2CCCN(C(=O)C(F)(F)F)[C@H]21. The maximum atomic E-state index is 12.2. The number of halogens is 3. The van der Waals surface area contributed by atoms with E-state index < -0.39 is 30.0 Å². The van der Waals surface area contributed by atoms with Crippen LogP contribution in [-0.4, -0.2) is 40.6 Å². The predicted molar refractivity (Wildman–Crippen MR) is 45.4 cm³/mol. The number of carbonyl (C=O) groups excluding carboxylic acids is 1. The van der Waals surface area contributed by atoms with Gasteiger partial charge in [0.15, 0.2) is 0 Å².